The summed E-state index contributed by atoms with van der Waals surface area (Å²) in [5.74, 6) is 2.04. The number of nitriles is 1. The zero-order valence-corrected chi connectivity index (χ0v) is 15.0. The second-order valence-corrected chi connectivity index (χ2v) is 6.51. The van der Waals surface area contributed by atoms with Crippen LogP contribution in [-0.2, 0) is 6.54 Å². The fourth-order valence-corrected chi connectivity index (χ4v) is 3.01. The van der Waals surface area contributed by atoms with E-state index in [0.29, 0.717) is 24.0 Å². The molecule has 1 aromatic carbocycles. The van der Waals surface area contributed by atoms with Crippen LogP contribution in [0.15, 0.2) is 41.2 Å². The molecule has 136 valence electrons. The average molecular weight is 361 g/mol. The van der Waals surface area contributed by atoms with E-state index in [9.17, 15) is 0 Å². The smallest absolute Gasteiger partial charge is 0.241 e. The fraction of sp³-hybridized carbons (Fsp3) is 0.316. The normalized spacial score (nSPS) is 14.9. The Balaban J connectivity index is 1.34. The van der Waals surface area contributed by atoms with E-state index >= 15 is 0 Å². The van der Waals surface area contributed by atoms with Crippen LogP contribution >= 0.6 is 0 Å². The highest BCUT2D eigenvalue weighted by molar-refractivity contribution is 5.54. The van der Waals surface area contributed by atoms with Crippen LogP contribution in [0.3, 0.4) is 0 Å². The number of nitrogens with zero attached hydrogens (tertiary/aromatic N) is 7. The van der Waals surface area contributed by atoms with Gasteiger partial charge in [0.25, 0.3) is 0 Å². The molecule has 0 unspecified atom stereocenters. The second kappa shape index (κ2) is 7.51. The maximum Gasteiger partial charge on any atom is 0.241 e. The number of benzene rings is 1. The highest BCUT2D eigenvalue weighted by Crippen LogP contribution is 2.18. The molecule has 2 aromatic heterocycles. The lowest BCUT2D eigenvalue weighted by Crippen LogP contribution is -2.46. The molecule has 1 aliphatic rings. The summed E-state index contributed by atoms with van der Waals surface area (Å²) in [6, 6.07) is 10.1. The Morgan fingerprint density at radius 2 is 1.85 bits per heavy atom. The summed E-state index contributed by atoms with van der Waals surface area (Å²) in [6.07, 6.45) is 3.16. The number of aryl methyl sites for hydroxylation is 1. The van der Waals surface area contributed by atoms with E-state index in [0.717, 1.165) is 37.6 Å². The number of hydrogen-bond acceptors (Lipinski definition) is 8. The topological polar surface area (TPSA) is 95.0 Å². The van der Waals surface area contributed by atoms with Crippen LogP contribution in [-0.4, -0.2) is 51.2 Å². The number of anilines is 1. The van der Waals surface area contributed by atoms with Gasteiger partial charge in [-0.2, -0.15) is 10.2 Å². The predicted molar refractivity (Wildman–Crippen MR) is 98.7 cm³/mol. The predicted octanol–water partition coefficient (Wildman–Crippen LogP) is 2.03. The highest BCUT2D eigenvalue weighted by atomic mass is 16.5. The molecule has 0 radical (unpaired) electrons. The van der Waals surface area contributed by atoms with Crippen LogP contribution in [0, 0.1) is 18.3 Å². The second-order valence-electron chi connectivity index (χ2n) is 6.51. The minimum absolute atomic E-state index is 0.332. The van der Waals surface area contributed by atoms with Gasteiger partial charge in [-0.25, -0.2) is 9.97 Å². The van der Waals surface area contributed by atoms with Crippen LogP contribution in [0.1, 0.15) is 17.1 Å². The van der Waals surface area contributed by atoms with E-state index in [2.05, 4.69) is 36.8 Å². The molecule has 0 saturated carbocycles. The molecule has 3 heterocycles. The van der Waals surface area contributed by atoms with E-state index < -0.39 is 0 Å². The van der Waals surface area contributed by atoms with Gasteiger partial charge in [0.15, 0.2) is 5.69 Å². The Morgan fingerprint density at radius 3 is 2.52 bits per heavy atom. The van der Waals surface area contributed by atoms with E-state index in [4.69, 9.17) is 9.78 Å². The van der Waals surface area contributed by atoms with Gasteiger partial charge in [-0.1, -0.05) is 35.0 Å². The minimum Gasteiger partial charge on any atom is -0.353 e. The summed E-state index contributed by atoms with van der Waals surface area (Å²) in [5.41, 5.74) is 2.49. The molecular weight excluding hydrogens is 342 g/mol. The Morgan fingerprint density at radius 1 is 1.07 bits per heavy atom. The molecule has 8 heteroatoms. The van der Waals surface area contributed by atoms with Crippen molar-refractivity contribution >= 4 is 5.82 Å². The number of piperazine rings is 1. The summed E-state index contributed by atoms with van der Waals surface area (Å²) in [5, 5.41) is 12.9. The van der Waals surface area contributed by atoms with E-state index in [1.165, 1.54) is 11.8 Å². The molecule has 3 aromatic rings. The maximum absolute atomic E-state index is 8.81. The monoisotopic (exact) mass is 361 g/mol. The quantitative estimate of drug-likeness (QED) is 0.697. The molecule has 0 atom stereocenters. The van der Waals surface area contributed by atoms with Gasteiger partial charge < -0.3 is 9.42 Å². The van der Waals surface area contributed by atoms with Gasteiger partial charge in [0, 0.05) is 31.7 Å². The van der Waals surface area contributed by atoms with E-state index in [-0.39, 0.29) is 0 Å². The van der Waals surface area contributed by atoms with Gasteiger partial charge >= 0.3 is 0 Å². The molecule has 1 saturated heterocycles. The number of aromatic nitrogens is 4. The Bertz CT molecular complexity index is 935. The Kier molecular flexibility index (Phi) is 4.77. The zero-order chi connectivity index (χ0) is 18.6. The van der Waals surface area contributed by atoms with E-state index in [1.807, 2.05) is 30.3 Å². The molecule has 0 bridgehead atoms. The summed E-state index contributed by atoms with van der Waals surface area (Å²) in [7, 11) is 0. The first-order chi connectivity index (χ1) is 13.2. The van der Waals surface area contributed by atoms with Crippen molar-refractivity contribution in [3.63, 3.8) is 0 Å². The van der Waals surface area contributed by atoms with Crippen LogP contribution in [0.25, 0.3) is 11.4 Å². The molecule has 8 nitrogen and oxygen atoms in total. The van der Waals surface area contributed by atoms with Crippen molar-refractivity contribution in [2.75, 3.05) is 31.1 Å². The lowest BCUT2D eigenvalue weighted by Gasteiger charge is -2.34. The fourth-order valence-electron chi connectivity index (χ4n) is 3.01. The lowest BCUT2D eigenvalue weighted by molar-refractivity contribution is 0.215. The van der Waals surface area contributed by atoms with Crippen molar-refractivity contribution < 1.29 is 4.52 Å². The summed E-state index contributed by atoms with van der Waals surface area (Å²) >= 11 is 0. The third kappa shape index (κ3) is 3.93. The largest absolute Gasteiger partial charge is 0.353 e. The van der Waals surface area contributed by atoms with Gasteiger partial charge in [-0.05, 0) is 6.92 Å². The van der Waals surface area contributed by atoms with Crippen molar-refractivity contribution in [1.82, 2.24) is 25.0 Å². The van der Waals surface area contributed by atoms with Gasteiger partial charge in [0.05, 0.1) is 18.9 Å². The van der Waals surface area contributed by atoms with Crippen molar-refractivity contribution in [1.29, 1.82) is 5.26 Å². The highest BCUT2D eigenvalue weighted by Gasteiger charge is 2.20. The van der Waals surface area contributed by atoms with Crippen molar-refractivity contribution in [3.8, 4) is 17.5 Å². The summed E-state index contributed by atoms with van der Waals surface area (Å²) in [6.45, 7) is 6.08. The SMILES string of the molecule is Cc1ccc(-c2noc(CN3CCN(c4cnc(C#N)cn4)CC3)n2)cc1. The molecule has 0 N–H and O–H groups in total. The third-order valence-electron chi connectivity index (χ3n) is 4.59. The molecule has 4 rings (SSSR count). The minimum atomic E-state index is 0.332. The summed E-state index contributed by atoms with van der Waals surface area (Å²) in [4.78, 5) is 17.3. The van der Waals surface area contributed by atoms with Gasteiger partial charge in [0.1, 0.15) is 11.9 Å². The third-order valence-corrected chi connectivity index (χ3v) is 4.59. The Labute approximate surface area is 157 Å². The van der Waals surface area contributed by atoms with Crippen LogP contribution < -0.4 is 4.90 Å². The standard InChI is InChI=1S/C19H19N7O/c1-14-2-4-15(5-3-14)19-23-18(27-24-19)13-25-6-8-26(9-7-25)17-12-21-16(10-20)11-22-17/h2-5,11-12H,6-9,13H2,1H3. The van der Waals surface area contributed by atoms with Crippen molar-refractivity contribution in [3.05, 3.63) is 53.8 Å². The molecule has 1 aliphatic heterocycles. The van der Waals surface area contributed by atoms with Gasteiger partial charge in [-0.15, -0.1) is 0 Å². The number of hydrogen-bond donors (Lipinski definition) is 0. The first-order valence-electron chi connectivity index (χ1n) is 8.80. The lowest BCUT2D eigenvalue weighted by atomic mass is 10.1. The molecule has 0 aliphatic carbocycles. The molecule has 0 spiro atoms. The van der Waals surface area contributed by atoms with Crippen molar-refractivity contribution in [2.24, 2.45) is 0 Å². The zero-order valence-electron chi connectivity index (χ0n) is 15.0. The van der Waals surface area contributed by atoms with Crippen LogP contribution in [0.2, 0.25) is 0 Å². The van der Waals surface area contributed by atoms with Crippen molar-refractivity contribution in [2.45, 2.75) is 13.5 Å². The molecular formula is C19H19N7O. The summed E-state index contributed by atoms with van der Waals surface area (Å²) < 4.78 is 5.42. The maximum atomic E-state index is 8.81. The van der Waals surface area contributed by atoms with E-state index in [1.54, 1.807) is 6.20 Å². The average Bonchev–Trinajstić information content (AvgIpc) is 3.18. The first-order valence-corrected chi connectivity index (χ1v) is 8.80. The Hall–Kier alpha value is -3.31. The van der Waals surface area contributed by atoms with Crippen LogP contribution in [0.5, 0.6) is 0 Å². The van der Waals surface area contributed by atoms with Gasteiger partial charge in [-0.3, -0.25) is 4.90 Å². The van der Waals surface area contributed by atoms with Gasteiger partial charge in [0.2, 0.25) is 11.7 Å². The number of rotatable bonds is 4. The molecule has 0 amide bonds. The first kappa shape index (κ1) is 17.1. The molecule has 27 heavy (non-hydrogen) atoms. The van der Waals surface area contributed by atoms with Crippen LogP contribution in [0.4, 0.5) is 5.82 Å². The molecule has 1 fully saturated rings.